The molecule has 2 nitrogen and oxygen atoms in total. The van der Waals surface area contributed by atoms with Gasteiger partial charge in [-0.25, -0.2) is 4.98 Å². The van der Waals surface area contributed by atoms with Gasteiger partial charge in [0.1, 0.15) is 5.56 Å². The molecule has 1 rings (SSSR count). The van der Waals surface area contributed by atoms with E-state index in [9.17, 15) is 13.2 Å². The maximum absolute atomic E-state index is 12.3. The summed E-state index contributed by atoms with van der Waals surface area (Å²) in [7, 11) is 1.13. The Balaban J connectivity index is 3.24. The molecule has 0 spiro atoms. The van der Waals surface area contributed by atoms with Crippen LogP contribution in [0.25, 0.3) is 0 Å². The Labute approximate surface area is 78.1 Å². The van der Waals surface area contributed by atoms with E-state index in [0.717, 1.165) is 13.2 Å². The zero-order chi connectivity index (χ0) is 10.1. The number of ether oxygens (including phenoxy) is 1. The van der Waals surface area contributed by atoms with Crippen molar-refractivity contribution in [3.8, 4) is 5.88 Å². The summed E-state index contributed by atoms with van der Waals surface area (Å²) < 4.78 is 41.2. The number of hydrogen-bond donors (Lipinski definition) is 1. The summed E-state index contributed by atoms with van der Waals surface area (Å²) in [6, 6.07) is 0.870. The SMILES string of the molecule is COc1ncc(S)cc1C(F)(F)F. The highest BCUT2D eigenvalue weighted by atomic mass is 32.1. The first-order chi connectivity index (χ1) is 5.95. The number of alkyl halides is 3. The Bertz CT molecular complexity index is 313. The standard InChI is InChI=1S/C7H6F3NOS/c1-12-6-5(7(8,9)10)2-4(13)3-11-6/h2-3,13H,1H3. The molecule has 0 unspecified atom stereocenters. The highest BCUT2D eigenvalue weighted by Crippen LogP contribution is 2.35. The average Bonchev–Trinajstić information content (AvgIpc) is 2.03. The Morgan fingerprint density at radius 2 is 2.08 bits per heavy atom. The number of nitrogens with zero attached hydrogens (tertiary/aromatic N) is 1. The molecule has 72 valence electrons. The van der Waals surface area contributed by atoms with Gasteiger partial charge in [-0.05, 0) is 6.07 Å². The molecule has 1 aromatic rings. The molecular formula is C7H6F3NOS. The maximum Gasteiger partial charge on any atom is 0.421 e. The van der Waals surface area contributed by atoms with E-state index in [2.05, 4.69) is 22.3 Å². The van der Waals surface area contributed by atoms with Crippen molar-refractivity contribution in [1.82, 2.24) is 4.98 Å². The van der Waals surface area contributed by atoms with Gasteiger partial charge in [-0.15, -0.1) is 12.6 Å². The maximum atomic E-state index is 12.3. The molecule has 0 aromatic carbocycles. The van der Waals surface area contributed by atoms with Gasteiger partial charge >= 0.3 is 6.18 Å². The van der Waals surface area contributed by atoms with Crippen molar-refractivity contribution in [2.45, 2.75) is 11.1 Å². The van der Waals surface area contributed by atoms with Crippen LogP contribution in [-0.2, 0) is 6.18 Å². The number of methoxy groups -OCH3 is 1. The lowest BCUT2D eigenvalue weighted by atomic mass is 10.2. The molecule has 0 aliphatic rings. The van der Waals surface area contributed by atoms with Crippen LogP contribution >= 0.6 is 12.6 Å². The van der Waals surface area contributed by atoms with Gasteiger partial charge in [0, 0.05) is 11.1 Å². The molecule has 0 radical (unpaired) electrons. The second kappa shape index (κ2) is 3.45. The summed E-state index contributed by atoms with van der Waals surface area (Å²) in [5.41, 5.74) is -0.914. The number of halogens is 3. The Hall–Kier alpha value is -0.910. The van der Waals surface area contributed by atoms with Crippen LogP contribution in [0.15, 0.2) is 17.2 Å². The topological polar surface area (TPSA) is 22.1 Å². The minimum absolute atomic E-state index is 0.146. The Morgan fingerprint density at radius 3 is 2.54 bits per heavy atom. The van der Waals surface area contributed by atoms with E-state index in [-0.39, 0.29) is 4.90 Å². The number of thiol groups is 1. The molecule has 13 heavy (non-hydrogen) atoms. The zero-order valence-corrected chi connectivity index (χ0v) is 7.49. The highest BCUT2D eigenvalue weighted by molar-refractivity contribution is 7.80. The summed E-state index contributed by atoms with van der Waals surface area (Å²) in [5, 5.41) is 0. The zero-order valence-electron chi connectivity index (χ0n) is 6.59. The summed E-state index contributed by atoms with van der Waals surface area (Å²) in [6.07, 6.45) is -3.27. The normalized spacial score (nSPS) is 11.5. The van der Waals surface area contributed by atoms with Gasteiger partial charge < -0.3 is 4.74 Å². The third-order valence-electron chi connectivity index (χ3n) is 1.34. The van der Waals surface area contributed by atoms with Gasteiger partial charge in [-0.3, -0.25) is 0 Å². The van der Waals surface area contributed by atoms with Crippen molar-refractivity contribution < 1.29 is 17.9 Å². The number of aromatic nitrogens is 1. The van der Waals surface area contributed by atoms with Crippen LogP contribution < -0.4 is 4.74 Å². The second-order valence-corrected chi connectivity index (χ2v) is 2.76. The molecule has 1 aromatic heterocycles. The first-order valence-electron chi connectivity index (χ1n) is 3.25. The molecule has 0 amide bonds. The van der Waals surface area contributed by atoms with Crippen molar-refractivity contribution in [3.63, 3.8) is 0 Å². The van der Waals surface area contributed by atoms with Gasteiger partial charge in [0.25, 0.3) is 0 Å². The molecule has 1 heterocycles. The lowest BCUT2D eigenvalue weighted by Gasteiger charge is -2.10. The monoisotopic (exact) mass is 209 g/mol. The van der Waals surface area contributed by atoms with Crippen LogP contribution in [0.4, 0.5) is 13.2 Å². The summed E-state index contributed by atoms with van der Waals surface area (Å²) in [4.78, 5) is 3.59. The van der Waals surface area contributed by atoms with E-state index in [1.807, 2.05) is 0 Å². The predicted octanol–water partition coefficient (Wildman–Crippen LogP) is 2.40. The molecule has 0 fully saturated rings. The molecule has 6 heteroatoms. The first-order valence-corrected chi connectivity index (χ1v) is 3.70. The quantitative estimate of drug-likeness (QED) is 0.717. The van der Waals surface area contributed by atoms with Crippen molar-refractivity contribution in [1.29, 1.82) is 0 Å². The molecule has 0 N–H and O–H groups in total. The molecular weight excluding hydrogens is 203 g/mol. The van der Waals surface area contributed by atoms with Gasteiger partial charge in [0.15, 0.2) is 0 Å². The minimum atomic E-state index is -4.46. The van der Waals surface area contributed by atoms with Gasteiger partial charge in [0.05, 0.1) is 7.11 Å². The van der Waals surface area contributed by atoms with E-state index < -0.39 is 17.6 Å². The molecule has 0 aliphatic carbocycles. The molecule has 0 saturated heterocycles. The molecule has 0 aliphatic heterocycles. The van der Waals surface area contributed by atoms with Crippen LogP contribution in [-0.4, -0.2) is 12.1 Å². The summed E-state index contributed by atoms with van der Waals surface area (Å²) in [6.45, 7) is 0. The molecule has 0 bridgehead atoms. The van der Waals surface area contributed by atoms with Crippen molar-refractivity contribution in [2.75, 3.05) is 7.11 Å². The van der Waals surface area contributed by atoms with Crippen LogP contribution in [0.3, 0.4) is 0 Å². The van der Waals surface area contributed by atoms with Crippen LogP contribution in [0.1, 0.15) is 5.56 Å². The van der Waals surface area contributed by atoms with Gasteiger partial charge in [-0.1, -0.05) is 0 Å². The van der Waals surface area contributed by atoms with Gasteiger partial charge in [0.2, 0.25) is 5.88 Å². The van der Waals surface area contributed by atoms with Crippen LogP contribution in [0, 0.1) is 0 Å². The third-order valence-corrected chi connectivity index (χ3v) is 1.58. The fourth-order valence-corrected chi connectivity index (χ4v) is 0.994. The van der Waals surface area contributed by atoms with E-state index in [4.69, 9.17) is 0 Å². The molecule has 0 saturated carbocycles. The lowest BCUT2D eigenvalue weighted by Crippen LogP contribution is -2.08. The van der Waals surface area contributed by atoms with Crippen molar-refractivity contribution in [2.24, 2.45) is 0 Å². The van der Waals surface area contributed by atoms with E-state index in [1.165, 1.54) is 6.20 Å². The number of hydrogen-bond acceptors (Lipinski definition) is 3. The van der Waals surface area contributed by atoms with E-state index in [1.54, 1.807) is 0 Å². The minimum Gasteiger partial charge on any atom is -0.481 e. The smallest absolute Gasteiger partial charge is 0.421 e. The van der Waals surface area contributed by atoms with Gasteiger partial charge in [-0.2, -0.15) is 13.2 Å². The predicted molar refractivity (Wildman–Crippen MR) is 43.0 cm³/mol. The van der Waals surface area contributed by atoms with Crippen molar-refractivity contribution >= 4 is 12.6 Å². The Kier molecular flexibility index (Phi) is 2.70. The average molecular weight is 209 g/mol. The molecule has 0 atom stereocenters. The number of rotatable bonds is 1. The van der Waals surface area contributed by atoms with Crippen LogP contribution in [0.5, 0.6) is 5.88 Å². The Morgan fingerprint density at radius 1 is 1.46 bits per heavy atom. The largest absolute Gasteiger partial charge is 0.481 e. The lowest BCUT2D eigenvalue weighted by molar-refractivity contribution is -0.139. The summed E-state index contributed by atoms with van der Waals surface area (Å²) >= 11 is 3.75. The second-order valence-electron chi connectivity index (χ2n) is 2.25. The highest BCUT2D eigenvalue weighted by Gasteiger charge is 2.35. The van der Waals surface area contributed by atoms with E-state index in [0.29, 0.717) is 0 Å². The van der Waals surface area contributed by atoms with Crippen LogP contribution in [0.2, 0.25) is 0 Å². The fourth-order valence-electron chi connectivity index (χ4n) is 0.807. The number of pyridine rings is 1. The third kappa shape index (κ3) is 2.27. The summed E-state index contributed by atoms with van der Waals surface area (Å²) in [5.74, 6) is -0.440. The van der Waals surface area contributed by atoms with Crippen molar-refractivity contribution in [3.05, 3.63) is 17.8 Å². The van der Waals surface area contributed by atoms with E-state index >= 15 is 0 Å². The first kappa shape index (κ1) is 10.2. The fraction of sp³-hybridized carbons (Fsp3) is 0.286.